The summed E-state index contributed by atoms with van der Waals surface area (Å²) in [7, 11) is 0. The smallest absolute Gasteiger partial charge is 0.335 e. The molecule has 0 aromatic heterocycles. The Morgan fingerprint density at radius 2 is 2.08 bits per heavy atom. The molecule has 0 saturated carbocycles. The molecule has 1 rings (SSSR count). The highest BCUT2D eigenvalue weighted by Crippen LogP contribution is 2.23. The van der Waals surface area contributed by atoms with Crippen LogP contribution in [0.1, 0.15) is 10.4 Å². The molecular formula is C7H4NO5-. The molecule has 6 heteroatoms. The van der Waals surface area contributed by atoms with Crippen LogP contribution in [0, 0.1) is 10.1 Å². The van der Waals surface area contributed by atoms with Gasteiger partial charge in [-0.05, 0) is 11.8 Å². The summed E-state index contributed by atoms with van der Waals surface area (Å²) < 4.78 is 0. The molecule has 0 heterocycles. The van der Waals surface area contributed by atoms with Crippen molar-refractivity contribution < 1.29 is 19.9 Å². The molecular weight excluding hydrogens is 178 g/mol. The Hall–Kier alpha value is -2.11. The van der Waals surface area contributed by atoms with Gasteiger partial charge >= 0.3 is 5.97 Å². The number of nitrogens with zero attached hydrogens (tertiary/aromatic N) is 1. The normalized spacial score (nSPS) is 9.54. The second-order valence-electron chi connectivity index (χ2n) is 2.24. The van der Waals surface area contributed by atoms with E-state index in [0.29, 0.717) is 0 Å². The van der Waals surface area contributed by atoms with Gasteiger partial charge in [0.25, 0.3) is 5.69 Å². The molecule has 0 unspecified atom stereocenters. The van der Waals surface area contributed by atoms with Crippen LogP contribution in [0.3, 0.4) is 0 Å². The Morgan fingerprint density at radius 1 is 1.46 bits per heavy atom. The Bertz CT molecular complexity index is 373. The monoisotopic (exact) mass is 182 g/mol. The average Bonchev–Trinajstić information content (AvgIpc) is 2.04. The average molecular weight is 182 g/mol. The molecule has 0 aliphatic heterocycles. The van der Waals surface area contributed by atoms with Crippen LogP contribution in [-0.2, 0) is 0 Å². The maximum atomic E-state index is 10.8. The van der Waals surface area contributed by atoms with Gasteiger partial charge in [-0.1, -0.05) is 6.07 Å². The zero-order valence-corrected chi connectivity index (χ0v) is 6.26. The van der Waals surface area contributed by atoms with Crippen LogP contribution >= 0.6 is 0 Å². The first-order valence-electron chi connectivity index (χ1n) is 3.21. The van der Waals surface area contributed by atoms with Crippen molar-refractivity contribution in [1.82, 2.24) is 0 Å². The van der Waals surface area contributed by atoms with E-state index in [1.54, 1.807) is 0 Å². The van der Waals surface area contributed by atoms with Crippen LogP contribution in [0.5, 0.6) is 5.75 Å². The third-order valence-electron chi connectivity index (χ3n) is 1.40. The number of benzene rings is 1. The summed E-state index contributed by atoms with van der Waals surface area (Å²) in [5.74, 6) is -2.10. The van der Waals surface area contributed by atoms with Gasteiger partial charge in [0.2, 0.25) is 0 Å². The summed E-state index contributed by atoms with van der Waals surface area (Å²) in [5.41, 5.74) is -0.994. The zero-order chi connectivity index (χ0) is 10.0. The first kappa shape index (κ1) is 8.98. The van der Waals surface area contributed by atoms with Crippen LogP contribution in [0.2, 0.25) is 0 Å². The number of rotatable bonds is 2. The molecule has 0 atom stereocenters. The third-order valence-corrected chi connectivity index (χ3v) is 1.40. The van der Waals surface area contributed by atoms with E-state index in [2.05, 4.69) is 0 Å². The number of nitro groups is 1. The molecule has 0 aliphatic rings. The fraction of sp³-hybridized carbons (Fsp3) is 0. The number of carboxylic acids is 1. The molecule has 1 N–H and O–H groups in total. The third kappa shape index (κ3) is 1.73. The molecule has 1 aromatic carbocycles. The van der Waals surface area contributed by atoms with Gasteiger partial charge in [-0.2, -0.15) is 0 Å². The second kappa shape index (κ2) is 3.10. The van der Waals surface area contributed by atoms with Crippen molar-refractivity contribution in [3.63, 3.8) is 0 Å². The number of aromatic carboxylic acids is 1. The van der Waals surface area contributed by atoms with Gasteiger partial charge in [-0.15, -0.1) is 0 Å². The highest BCUT2D eigenvalue weighted by molar-refractivity contribution is 5.88. The van der Waals surface area contributed by atoms with Crippen LogP contribution in [0.4, 0.5) is 5.69 Å². The Balaban J connectivity index is 3.27. The molecule has 68 valence electrons. The van der Waals surface area contributed by atoms with E-state index in [1.165, 1.54) is 0 Å². The van der Waals surface area contributed by atoms with Crippen molar-refractivity contribution in [2.75, 3.05) is 0 Å². The van der Waals surface area contributed by atoms with E-state index >= 15 is 0 Å². The number of carbonyl (C=O) groups is 1. The standard InChI is InChI=1S/C7H5NO5/c9-6-2-1-4(7(10)11)3-5(6)8(12)13/h1-3,9H,(H,10,11)/p-1. The fourth-order valence-corrected chi connectivity index (χ4v) is 0.793. The number of hydrogen-bond donors (Lipinski definition) is 1. The maximum absolute atomic E-state index is 10.8. The summed E-state index contributed by atoms with van der Waals surface area (Å²) >= 11 is 0. The summed E-state index contributed by atoms with van der Waals surface area (Å²) in [6, 6.07) is 2.63. The topological polar surface area (TPSA) is 104 Å². The van der Waals surface area contributed by atoms with Crippen molar-refractivity contribution in [3.8, 4) is 5.75 Å². The molecule has 0 bridgehead atoms. The SMILES string of the molecule is O=C(O)c1ccc([O-])c([N+](=O)[O-])c1. The molecule has 0 amide bonds. The second-order valence-corrected chi connectivity index (χ2v) is 2.24. The largest absolute Gasteiger partial charge is 0.868 e. The van der Waals surface area contributed by atoms with E-state index < -0.39 is 22.3 Å². The van der Waals surface area contributed by atoms with Crippen LogP contribution in [0.25, 0.3) is 0 Å². The highest BCUT2D eigenvalue weighted by Gasteiger charge is 2.11. The first-order chi connectivity index (χ1) is 6.02. The Kier molecular flexibility index (Phi) is 2.14. The predicted molar refractivity (Wildman–Crippen MR) is 39.5 cm³/mol. The minimum absolute atomic E-state index is 0.272. The lowest BCUT2D eigenvalue weighted by molar-refractivity contribution is -0.398. The van der Waals surface area contributed by atoms with E-state index in [9.17, 15) is 20.0 Å². The van der Waals surface area contributed by atoms with Crippen molar-refractivity contribution in [1.29, 1.82) is 0 Å². The summed E-state index contributed by atoms with van der Waals surface area (Å²) in [6.07, 6.45) is 0. The minimum atomic E-state index is -1.30. The van der Waals surface area contributed by atoms with Gasteiger partial charge in [0.15, 0.2) is 0 Å². The zero-order valence-electron chi connectivity index (χ0n) is 6.26. The predicted octanol–water partition coefficient (Wildman–Crippen LogP) is 0.367. The van der Waals surface area contributed by atoms with Gasteiger partial charge in [-0.3, -0.25) is 10.1 Å². The maximum Gasteiger partial charge on any atom is 0.335 e. The molecule has 13 heavy (non-hydrogen) atoms. The molecule has 0 spiro atoms. The summed E-state index contributed by atoms with van der Waals surface area (Å²) in [4.78, 5) is 19.7. The number of carboxylic acid groups (broad SMARTS) is 1. The van der Waals surface area contributed by atoms with E-state index in [-0.39, 0.29) is 5.56 Å². The van der Waals surface area contributed by atoms with Crippen LogP contribution in [0.15, 0.2) is 18.2 Å². The van der Waals surface area contributed by atoms with Gasteiger partial charge in [0, 0.05) is 6.07 Å². The molecule has 0 aliphatic carbocycles. The lowest BCUT2D eigenvalue weighted by atomic mass is 10.2. The van der Waals surface area contributed by atoms with Crippen molar-refractivity contribution in [2.24, 2.45) is 0 Å². The fourth-order valence-electron chi connectivity index (χ4n) is 0.793. The first-order valence-corrected chi connectivity index (χ1v) is 3.21. The molecule has 1 aromatic rings. The Labute approximate surface area is 72.2 Å². The lowest BCUT2D eigenvalue weighted by Crippen LogP contribution is -2.02. The van der Waals surface area contributed by atoms with Crippen molar-refractivity contribution >= 4 is 11.7 Å². The van der Waals surface area contributed by atoms with Crippen LogP contribution in [-0.4, -0.2) is 16.0 Å². The van der Waals surface area contributed by atoms with E-state index in [1.807, 2.05) is 0 Å². The van der Waals surface area contributed by atoms with E-state index in [0.717, 1.165) is 18.2 Å². The number of nitro benzene ring substituents is 1. The Morgan fingerprint density at radius 3 is 2.54 bits per heavy atom. The number of hydrogen-bond acceptors (Lipinski definition) is 4. The molecule has 6 nitrogen and oxygen atoms in total. The van der Waals surface area contributed by atoms with Gasteiger partial charge in [0.05, 0.1) is 10.5 Å². The van der Waals surface area contributed by atoms with Gasteiger partial charge < -0.3 is 10.2 Å². The molecule has 0 fully saturated rings. The summed E-state index contributed by atoms with van der Waals surface area (Å²) in [5, 5.41) is 29.5. The van der Waals surface area contributed by atoms with Gasteiger partial charge in [0.1, 0.15) is 0 Å². The van der Waals surface area contributed by atoms with Crippen LogP contribution < -0.4 is 5.11 Å². The van der Waals surface area contributed by atoms with Gasteiger partial charge in [-0.25, -0.2) is 4.79 Å². The van der Waals surface area contributed by atoms with Crippen molar-refractivity contribution in [2.45, 2.75) is 0 Å². The molecule has 0 saturated heterocycles. The minimum Gasteiger partial charge on any atom is -0.868 e. The lowest BCUT2D eigenvalue weighted by Gasteiger charge is -2.05. The summed E-state index contributed by atoms with van der Waals surface area (Å²) in [6.45, 7) is 0. The van der Waals surface area contributed by atoms with E-state index in [4.69, 9.17) is 5.11 Å². The quantitative estimate of drug-likeness (QED) is 0.525. The molecule has 0 radical (unpaired) electrons. The van der Waals surface area contributed by atoms with Crippen molar-refractivity contribution in [3.05, 3.63) is 33.9 Å². The highest BCUT2D eigenvalue weighted by atomic mass is 16.6.